The largest absolute Gasteiger partial charge is 0.611 e. The molecule has 23 heavy (non-hydrogen) atoms. The third-order valence-electron chi connectivity index (χ3n) is 3.40. The molecule has 3 aromatic heterocycles. The average Bonchev–Trinajstić information content (AvgIpc) is 2.91. The Balaban J connectivity index is 2.07. The highest BCUT2D eigenvalue weighted by Crippen LogP contribution is 2.39. The van der Waals surface area contributed by atoms with Gasteiger partial charge in [0.2, 0.25) is 4.21 Å². The van der Waals surface area contributed by atoms with Crippen LogP contribution in [0.15, 0.2) is 29.0 Å². The SMILES string of the molecule is COCC[S+]([O-])c1sc2nc(-c3cncnc3)cc(C)c2c1N. The maximum atomic E-state index is 12.4. The average molecular weight is 348 g/mol. The van der Waals surface area contributed by atoms with Crippen LogP contribution in [0, 0.1) is 6.92 Å². The number of thiophene rings is 1. The maximum Gasteiger partial charge on any atom is 0.232 e. The van der Waals surface area contributed by atoms with Crippen molar-refractivity contribution >= 4 is 38.4 Å². The molecule has 2 N–H and O–H groups in total. The molecule has 0 bridgehead atoms. The quantitative estimate of drug-likeness (QED) is 0.711. The van der Waals surface area contributed by atoms with Gasteiger partial charge in [0, 0.05) is 41.6 Å². The second-order valence-electron chi connectivity index (χ2n) is 4.98. The molecule has 3 aromatic rings. The number of hydrogen-bond donors (Lipinski definition) is 1. The Morgan fingerprint density at radius 1 is 1.35 bits per heavy atom. The van der Waals surface area contributed by atoms with Crippen molar-refractivity contribution < 1.29 is 9.29 Å². The van der Waals surface area contributed by atoms with E-state index in [0.29, 0.717) is 22.3 Å². The van der Waals surface area contributed by atoms with Gasteiger partial charge in [0.05, 0.1) is 12.3 Å². The molecule has 8 heteroatoms. The molecule has 0 aliphatic carbocycles. The summed E-state index contributed by atoms with van der Waals surface area (Å²) in [5.74, 6) is 0.423. The van der Waals surface area contributed by atoms with Gasteiger partial charge in [-0.3, -0.25) is 0 Å². The Morgan fingerprint density at radius 2 is 2.09 bits per heavy atom. The molecule has 0 aromatic carbocycles. The summed E-state index contributed by atoms with van der Waals surface area (Å²) in [6.07, 6.45) is 4.92. The highest BCUT2D eigenvalue weighted by Gasteiger charge is 2.23. The minimum atomic E-state index is -1.18. The van der Waals surface area contributed by atoms with Gasteiger partial charge in [-0.1, -0.05) is 11.3 Å². The molecule has 0 fully saturated rings. The van der Waals surface area contributed by atoms with Crippen molar-refractivity contribution in [1.82, 2.24) is 15.0 Å². The van der Waals surface area contributed by atoms with Crippen LogP contribution >= 0.6 is 11.3 Å². The standard InChI is InChI=1S/C15H16N4O2S2/c1-9-5-11(10-6-17-8-18-7-10)19-14-12(9)13(16)15(22-14)23(20)4-3-21-2/h5-8H,3-4,16H2,1-2H3. The van der Waals surface area contributed by atoms with Crippen molar-refractivity contribution in [2.75, 3.05) is 25.2 Å². The highest BCUT2D eigenvalue weighted by molar-refractivity contribution is 7.93. The van der Waals surface area contributed by atoms with Gasteiger partial charge in [0.25, 0.3) is 0 Å². The number of aromatic nitrogens is 3. The van der Waals surface area contributed by atoms with Crippen LogP contribution in [0.1, 0.15) is 5.56 Å². The second-order valence-corrected chi connectivity index (χ2v) is 7.74. The summed E-state index contributed by atoms with van der Waals surface area (Å²) >= 11 is 0.190. The number of fused-ring (bicyclic) bond motifs is 1. The molecular weight excluding hydrogens is 332 g/mol. The van der Waals surface area contributed by atoms with Crippen molar-refractivity contribution in [3.05, 3.63) is 30.4 Å². The fraction of sp³-hybridized carbons (Fsp3) is 0.267. The molecule has 0 amide bonds. The van der Waals surface area contributed by atoms with Gasteiger partial charge in [-0.05, 0) is 18.6 Å². The monoisotopic (exact) mass is 348 g/mol. The number of nitrogens with zero attached hydrogens (tertiary/aromatic N) is 3. The van der Waals surface area contributed by atoms with Gasteiger partial charge in [0.1, 0.15) is 22.6 Å². The first-order valence-corrected chi connectivity index (χ1v) is 9.07. The number of anilines is 1. The van der Waals surface area contributed by atoms with Gasteiger partial charge < -0.3 is 15.0 Å². The molecule has 3 rings (SSSR count). The van der Waals surface area contributed by atoms with E-state index in [-0.39, 0.29) is 0 Å². The van der Waals surface area contributed by atoms with E-state index in [1.54, 1.807) is 19.5 Å². The van der Waals surface area contributed by atoms with Crippen molar-refractivity contribution in [3.63, 3.8) is 0 Å². The van der Waals surface area contributed by atoms with Crippen LogP contribution in [0.3, 0.4) is 0 Å². The van der Waals surface area contributed by atoms with E-state index < -0.39 is 11.2 Å². The lowest BCUT2D eigenvalue weighted by Gasteiger charge is -2.08. The Labute approximate surface area is 140 Å². The van der Waals surface area contributed by atoms with Gasteiger partial charge in [0.15, 0.2) is 0 Å². The van der Waals surface area contributed by atoms with Crippen LogP contribution in [0.5, 0.6) is 0 Å². The van der Waals surface area contributed by atoms with Gasteiger partial charge >= 0.3 is 0 Å². The van der Waals surface area contributed by atoms with E-state index in [4.69, 9.17) is 10.5 Å². The number of ether oxygens (including phenoxy) is 1. The van der Waals surface area contributed by atoms with Crippen molar-refractivity contribution in [3.8, 4) is 11.3 Å². The molecule has 0 spiro atoms. The molecule has 0 aliphatic heterocycles. The molecule has 3 heterocycles. The van der Waals surface area contributed by atoms with E-state index in [1.807, 2.05) is 13.0 Å². The normalized spacial score (nSPS) is 12.7. The lowest BCUT2D eigenvalue weighted by Crippen LogP contribution is -2.11. The van der Waals surface area contributed by atoms with Crippen LogP contribution in [0.2, 0.25) is 0 Å². The van der Waals surface area contributed by atoms with E-state index >= 15 is 0 Å². The Kier molecular flexibility index (Phi) is 4.76. The van der Waals surface area contributed by atoms with E-state index in [0.717, 1.165) is 27.0 Å². The summed E-state index contributed by atoms with van der Waals surface area (Å²) in [5.41, 5.74) is 9.39. The third kappa shape index (κ3) is 3.16. The van der Waals surface area contributed by atoms with Crippen LogP contribution in [-0.4, -0.2) is 39.0 Å². The van der Waals surface area contributed by atoms with Gasteiger partial charge in [-0.2, -0.15) is 0 Å². The van der Waals surface area contributed by atoms with Crippen LogP contribution in [0.25, 0.3) is 21.5 Å². The van der Waals surface area contributed by atoms with E-state index in [2.05, 4.69) is 15.0 Å². The smallest absolute Gasteiger partial charge is 0.232 e. The Morgan fingerprint density at radius 3 is 2.78 bits per heavy atom. The van der Waals surface area contributed by atoms with Crippen LogP contribution in [-0.2, 0) is 15.9 Å². The topological polar surface area (TPSA) is 97.0 Å². The summed E-state index contributed by atoms with van der Waals surface area (Å²) in [4.78, 5) is 13.5. The first kappa shape index (κ1) is 16.1. The third-order valence-corrected chi connectivity index (χ3v) is 6.27. The molecule has 0 saturated carbocycles. The molecule has 0 aliphatic rings. The van der Waals surface area contributed by atoms with Crippen LogP contribution in [0.4, 0.5) is 5.69 Å². The number of hydrogen-bond acceptors (Lipinski definition) is 7. The summed E-state index contributed by atoms with van der Waals surface area (Å²) in [5, 5.41) is 0.872. The Hall–Kier alpha value is -1.74. The van der Waals surface area contributed by atoms with Crippen molar-refractivity contribution in [2.24, 2.45) is 0 Å². The zero-order valence-electron chi connectivity index (χ0n) is 12.8. The van der Waals surface area contributed by atoms with E-state index in [1.165, 1.54) is 17.7 Å². The number of aryl methyl sites for hydroxylation is 1. The number of methoxy groups -OCH3 is 1. The van der Waals surface area contributed by atoms with E-state index in [9.17, 15) is 4.55 Å². The lowest BCUT2D eigenvalue weighted by atomic mass is 10.1. The molecule has 0 radical (unpaired) electrons. The fourth-order valence-corrected chi connectivity index (χ4v) is 4.90. The number of rotatable bonds is 5. The molecule has 0 saturated heterocycles. The zero-order valence-corrected chi connectivity index (χ0v) is 14.4. The minimum Gasteiger partial charge on any atom is -0.611 e. The second kappa shape index (κ2) is 6.79. The first-order chi connectivity index (χ1) is 11.1. The number of pyridine rings is 1. The first-order valence-electron chi connectivity index (χ1n) is 6.94. The predicted molar refractivity (Wildman–Crippen MR) is 92.9 cm³/mol. The minimum absolute atomic E-state index is 0.423. The summed E-state index contributed by atoms with van der Waals surface area (Å²) < 4.78 is 18.0. The maximum absolute atomic E-state index is 12.4. The highest BCUT2D eigenvalue weighted by atomic mass is 32.2. The van der Waals surface area contributed by atoms with Gasteiger partial charge in [-0.15, -0.1) is 0 Å². The number of nitrogens with two attached hydrogens (primary N) is 1. The molecule has 120 valence electrons. The summed E-state index contributed by atoms with van der Waals surface area (Å²) in [6, 6.07) is 1.95. The predicted octanol–water partition coefficient (Wildman–Crippen LogP) is 2.40. The summed E-state index contributed by atoms with van der Waals surface area (Å²) in [7, 11) is 1.59. The molecular formula is C15H16N4O2S2. The van der Waals surface area contributed by atoms with Gasteiger partial charge in [-0.25, -0.2) is 15.0 Å². The number of nitrogen functional groups attached to an aromatic ring is 1. The lowest BCUT2D eigenvalue weighted by molar-refractivity contribution is 0.217. The Bertz CT molecular complexity index is 823. The summed E-state index contributed by atoms with van der Waals surface area (Å²) in [6.45, 7) is 2.40. The molecule has 1 unspecified atom stereocenters. The van der Waals surface area contributed by atoms with Crippen molar-refractivity contribution in [1.29, 1.82) is 0 Å². The van der Waals surface area contributed by atoms with Crippen molar-refractivity contribution in [2.45, 2.75) is 11.1 Å². The fourth-order valence-electron chi connectivity index (χ4n) is 2.29. The molecule has 1 atom stereocenters. The molecule has 6 nitrogen and oxygen atoms in total. The zero-order chi connectivity index (χ0) is 16.4. The van der Waals surface area contributed by atoms with Crippen LogP contribution < -0.4 is 5.73 Å².